The lowest BCUT2D eigenvalue weighted by Gasteiger charge is -2.24. The Balaban J connectivity index is 1.28. The average molecular weight is 330 g/mol. The molecule has 4 rings (SSSR count). The summed E-state index contributed by atoms with van der Waals surface area (Å²) in [4.78, 5) is 14.6. The lowest BCUT2D eigenvalue weighted by atomic mass is 9.82. The number of nitrogens with one attached hydrogen (secondary N) is 1. The number of nitrogens with zero attached hydrogens (tertiary/aromatic N) is 1. The van der Waals surface area contributed by atoms with E-state index in [1.165, 1.54) is 12.8 Å². The minimum absolute atomic E-state index is 0.0334. The lowest BCUT2D eigenvalue weighted by molar-refractivity contribution is 0.0735. The van der Waals surface area contributed by atoms with Crippen molar-refractivity contribution >= 4 is 6.03 Å². The summed E-state index contributed by atoms with van der Waals surface area (Å²) in [5.74, 6) is 1.94. The number of fused-ring (bicyclic) bond motifs is 5. The number of urea groups is 1. The first-order valence-corrected chi connectivity index (χ1v) is 9.13. The quantitative estimate of drug-likeness (QED) is 0.903. The van der Waals surface area contributed by atoms with Crippen LogP contribution >= 0.6 is 0 Å². The molecule has 24 heavy (non-hydrogen) atoms. The van der Waals surface area contributed by atoms with Crippen molar-refractivity contribution in [3.8, 4) is 5.75 Å². The fourth-order valence-electron chi connectivity index (χ4n) is 4.37. The van der Waals surface area contributed by atoms with Gasteiger partial charge in [-0.15, -0.1) is 0 Å². The van der Waals surface area contributed by atoms with E-state index in [0.29, 0.717) is 30.7 Å². The van der Waals surface area contributed by atoms with E-state index in [9.17, 15) is 4.79 Å². The van der Waals surface area contributed by atoms with Gasteiger partial charge in [-0.1, -0.05) is 25.1 Å². The van der Waals surface area contributed by atoms with Crippen LogP contribution < -0.4 is 10.1 Å². The second-order valence-electron chi connectivity index (χ2n) is 7.20. The van der Waals surface area contributed by atoms with E-state index in [1.807, 2.05) is 35.2 Å². The van der Waals surface area contributed by atoms with Gasteiger partial charge in [-0.05, 0) is 31.4 Å². The first-order valence-electron chi connectivity index (χ1n) is 9.13. The number of para-hydroxylation sites is 1. The number of ether oxygens (including phenoxy) is 2. The van der Waals surface area contributed by atoms with Crippen molar-refractivity contribution in [1.82, 2.24) is 10.2 Å². The average Bonchev–Trinajstić information content (AvgIpc) is 3.31. The third kappa shape index (κ3) is 2.97. The largest absolute Gasteiger partial charge is 0.491 e. The van der Waals surface area contributed by atoms with Crippen molar-refractivity contribution < 1.29 is 14.3 Å². The number of hydrogen-bond donors (Lipinski definition) is 1. The minimum atomic E-state index is 0.0334. The molecule has 0 saturated carbocycles. The summed E-state index contributed by atoms with van der Waals surface area (Å²) in [7, 11) is 0. The maximum atomic E-state index is 12.6. The third-order valence-corrected chi connectivity index (χ3v) is 5.75. The van der Waals surface area contributed by atoms with Crippen LogP contribution in [-0.2, 0) is 4.74 Å². The summed E-state index contributed by atoms with van der Waals surface area (Å²) in [6.45, 7) is 4.26. The van der Waals surface area contributed by atoms with E-state index >= 15 is 0 Å². The van der Waals surface area contributed by atoms with Gasteiger partial charge >= 0.3 is 6.03 Å². The predicted octanol–water partition coefficient (Wildman–Crippen LogP) is 2.66. The number of benzene rings is 1. The van der Waals surface area contributed by atoms with E-state index in [2.05, 4.69) is 12.2 Å². The maximum absolute atomic E-state index is 12.6. The molecule has 0 aromatic heterocycles. The van der Waals surface area contributed by atoms with Gasteiger partial charge in [-0.2, -0.15) is 0 Å². The topological polar surface area (TPSA) is 50.8 Å². The van der Waals surface area contributed by atoms with Gasteiger partial charge in [0.15, 0.2) is 0 Å². The fourth-order valence-corrected chi connectivity index (χ4v) is 4.37. The molecule has 5 nitrogen and oxygen atoms in total. The van der Waals surface area contributed by atoms with Crippen molar-refractivity contribution in [3.05, 3.63) is 30.3 Å². The molecule has 3 aliphatic heterocycles. The van der Waals surface area contributed by atoms with Crippen molar-refractivity contribution in [2.24, 2.45) is 11.8 Å². The molecule has 3 aliphatic rings. The first-order chi connectivity index (χ1) is 11.7. The normalized spacial score (nSPS) is 31.8. The summed E-state index contributed by atoms with van der Waals surface area (Å²) < 4.78 is 11.8. The second kappa shape index (κ2) is 6.63. The van der Waals surface area contributed by atoms with Gasteiger partial charge in [-0.3, -0.25) is 0 Å². The SMILES string of the molecule is CC[C@H](COc1ccccc1)NC(=O)N1C[C@@H]2[C@@H](C1)[C@H]1CC[C@H]2O1. The molecule has 2 bridgehead atoms. The standard InChI is InChI=1S/C19H26N2O3/c1-2-13(12-23-14-6-4-3-5-7-14)20-19(22)21-10-15-16(11-21)18-9-8-17(15)24-18/h3-7,13,15-18H,2,8-12H2,1H3,(H,20,22)/t13-,15-,16-,17-,18-/m1/s1. The van der Waals surface area contributed by atoms with E-state index < -0.39 is 0 Å². The number of carbonyl (C=O) groups is 1. The number of amides is 2. The zero-order valence-corrected chi connectivity index (χ0v) is 14.2. The zero-order valence-electron chi connectivity index (χ0n) is 14.2. The molecule has 5 atom stereocenters. The third-order valence-electron chi connectivity index (χ3n) is 5.75. The Kier molecular flexibility index (Phi) is 4.35. The number of carbonyl (C=O) groups excluding carboxylic acids is 1. The van der Waals surface area contributed by atoms with Gasteiger partial charge in [0.1, 0.15) is 12.4 Å². The van der Waals surface area contributed by atoms with Gasteiger partial charge < -0.3 is 19.7 Å². The van der Waals surface area contributed by atoms with Crippen LogP contribution in [0.15, 0.2) is 30.3 Å². The molecule has 0 unspecified atom stereocenters. The highest BCUT2D eigenvalue weighted by atomic mass is 16.5. The van der Waals surface area contributed by atoms with E-state index in [1.54, 1.807) is 0 Å². The monoisotopic (exact) mass is 330 g/mol. The molecule has 2 amide bonds. The molecular formula is C19H26N2O3. The molecule has 1 aromatic rings. The van der Waals surface area contributed by atoms with Crippen LogP contribution in [-0.4, -0.2) is 48.9 Å². The minimum Gasteiger partial charge on any atom is -0.491 e. The van der Waals surface area contributed by atoms with Crippen LogP contribution in [0.4, 0.5) is 4.79 Å². The van der Waals surface area contributed by atoms with Crippen molar-refractivity contribution in [3.63, 3.8) is 0 Å². The van der Waals surface area contributed by atoms with Crippen LogP contribution in [0.2, 0.25) is 0 Å². The fraction of sp³-hybridized carbons (Fsp3) is 0.632. The van der Waals surface area contributed by atoms with Gasteiger partial charge in [0, 0.05) is 24.9 Å². The number of hydrogen-bond acceptors (Lipinski definition) is 3. The summed E-state index contributed by atoms with van der Waals surface area (Å²) in [5.41, 5.74) is 0. The second-order valence-corrected chi connectivity index (χ2v) is 7.20. The van der Waals surface area contributed by atoms with E-state index in [-0.39, 0.29) is 12.1 Å². The molecule has 1 aromatic carbocycles. The molecule has 3 heterocycles. The van der Waals surface area contributed by atoms with Crippen molar-refractivity contribution in [2.45, 2.75) is 44.4 Å². The Morgan fingerprint density at radius 3 is 2.54 bits per heavy atom. The van der Waals surface area contributed by atoms with Gasteiger partial charge in [0.05, 0.1) is 18.2 Å². The van der Waals surface area contributed by atoms with Gasteiger partial charge in [-0.25, -0.2) is 4.79 Å². The summed E-state index contributed by atoms with van der Waals surface area (Å²) in [5, 5.41) is 3.14. The molecule has 3 fully saturated rings. The molecule has 1 N–H and O–H groups in total. The van der Waals surface area contributed by atoms with E-state index in [4.69, 9.17) is 9.47 Å². The Bertz CT molecular complexity index is 561. The number of rotatable bonds is 5. The summed E-state index contributed by atoms with van der Waals surface area (Å²) in [6.07, 6.45) is 3.98. The summed E-state index contributed by atoms with van der Waals surface area (Å²) in [6, 6.07) is 9.83. The Hall–Kier alpha value is -1.75. The van der Waals surface area contributed by atoms with Crippen molar-refractivity contribution in [2.75, 3.05) is 19.7 Å². The molecular weight excluding hydrogens is 304 g/mol. The first kappa shape index (κ1) is 15.8. The Morgan fingerprint density at radius 2 is 1.92 bits per heavy atom. The van der Waals surface area contributed by atoms with Gasteiger partial charge in [0.25, 0.3) is 0 Å². The van der Waals surface area contributed by atoms with Crippen LogP contribution in [0.25, 0.3) is 0 Å². The Morgan fingerprint density at radius 1 is 1.25 bits per heavy atom. The molecule has 0 aliphatic carbocycles. The highest BCUT2D eigenvalue weighted by Crippen LogP contribution is 2.47. The molecule has 5 heteroatoms. The zero-order chi connectivity index (χ0) is 16.5. The van der Waals surface area contributed by atoms with Crippen molar-refractivity contribution in [1.29, 1.82) is 0 Å². The van der Waals surface area contributed by atoms with Gasteiger partial charge in [0.2, 0.25) is 0 Å². The maximum Gasteiger partial charge on any atom is 0.317 e. The lowest BCUT2D eigenvalue weighted by Crippen LogP contribution is -2.46. The molecule has 0 radical (unpaired) electrons. The van der Waals surface area contributed by atoms with E-state index in [0.717, 1.165) is 25.3 Å². The molecule has 0 spiro atoms. The molecule has 130 valence electrons. The Labute approximate surface area is 143 Å². The highest BCUT2D eigenvalue weighted by Gasteiger charge is 2.53. The van der Waals surface area contributed by atoms with Crippen LogP contribution in [0.1, 0.15) is 26.2 Å². The highest BCUT2D eigenvalue weighted by molar-refractivity contribution is 5.75. The smallest absolute Gasteiger partial charge is 0.317 e. The van der Waals surface area contributed by atoms with Crippen LogP contribution in [0.5, 0.6) is 5.75 Å². The predicted molar refractivity (Wildman–Crippen MR) is 91.0 cm³/mol. The molecule has 3 saturated heterocycles. The van der Waals surface area contributed by atoms with Crippen LogP contribution in [0, 0.1) is 11.8 Å². The van der Waals surface area contributed by atoms with Crippen LogP contribution in [0.3, 0.4) is 0 Å². The summed E-state index contributed by atoms with van der Waals surface area (Å²) >= 11 is 0. The number of likely N-dealkylation sites (tertiary alicyclic amines) is 1.